The summed E-state index contributed by atoms with van der Waals surface area (Å²) >= 11 is 0. The molecule has 26 heavy (non-hydrogen) atoms. The first kappa shape index (κ1) is 22.1. The lowest BCUT2D eigenvalue weighted by Gasteiger charge is -2.20. The van der Waals surface area contributed by atoms with Crippen molar-refractivity contribution in [1.82, 2.24) is 0 Å². The number of benzene rings is 1. The largest absolute Gasteiger partial charge is 0.504 e. The second-order valence-electron chi connectivity index (χ2n) is 6.72. The highest BCUT2D eigenvalue weighted by molar-refractivity contribution is 5.96. The van der Waals surface area contributed by atoms with Gasteiger partial charge < -0.3 is 20.1 Å². The van der Waals surface area contributed by atoms with Gasteiger partial charge in [-0.3, -0.25) is 0 Å². The maximum absolute atomic E-state index is 11.7. The molecule has 0 spiro atoms. The number of hydrogen-bond acceptors (Lipinski definition) is 4. The van der Waals surface area contributed by atoms with Crippen molar-refractivity contribution in [3.05, 3.63) is 16.7 Å². The zero-order chi connectivity index (χ0) is 19.5. The van der Waals surface area contributed by atoms with Crippen molar-refractivity contribution in [3.63, 3.8) is 0 Å². The topological polar surface area (TPSA) is 87.0 Å². The van der Waals surface area contributed by atoms with E-state index in [0.717, 1.165) is 56.9 Å². The number of carbonyl (C=O) groups is 1. The number of ether oxygens (including phenoxy) is 1. The average Bonchev–Trinajstić information content (AvgIpc) is 2.61. The van der Waals surface area contributed by atoms with Crippen LogP contribution in [-0.2, 0) is 12.8 Å². The number of phenols is 2. The van der Waals surface area contributed by atoms with Crippen LogP contribution in [0.4, 0.5) is 0 Å². The molecule has 0 aromatic heterocycles. The van der Waals surface area contributed by atoms with Crippen LogP contribution < -0.4 is 4.74 Å². The van der Waals surface area contributed by atoms with Gasteiger partial charge in [0.15, 0.2) is 11.5 Å². The number of aromatic carboxylic acids is 1. The minimum absolute atomic E-state index is 0.220. The molecule has 0 atom stereocenters. The minimum atomic E-state index is -1.28. The molecule has 0 aliphatic heterocycles. The Morgan fingerprint density at radius 3 is 1.81 bits per heavy atom. The Morgan fingerprint density at radius 1 is 0.808 bits per heavy atom. The van der Waals surface area contributed by atoms with Crippen molar-refractivity contribution in [2.45, 2.75) is 85.0 Å². The Hall–Kier alpha value is -1.91. The molecule has 148 valence electrons. The smallest absolute Gasteiger partial charge is 0.343 e. The SMILES string of the molecule is CCCCCCc1c(O)c(O)c(C(=O)O)c(OCC)c1CCCCCC. The maximum atomic E-state index is 11.7. The highest BCUT2D eigenvalue weighted by atomic mass is 16.5. The first-order valence-corrected chi connectivity index (χ1v) is 9.95. The molecule has 1 aromatic carbocycles. The Balaban J connectivity index is 3.30. The van der Waals surface area contributed by atoms with Crippen LogP contribution in [0.15, 0.2) is 0 Å². The molecule has 5 nitrogen and oxygen atoms in total. The molecular formula is C21H34O5. The fourth-order valence-corrected chi connectivity index (χ4v) is 3.29. The molecule has 1 rings (SSSR count). The predicted octanol–water partition coefficient (Wildman–Crippen LogP) is 5.44. The van der Waals surface area contributed by atoms with Crippen LogP contribution in [0, 0.1) is 0 Å². The van der Waals surface area contributed by atoms with Crippen molar-refractivity contribution >= 4 is 5.97 Å². The van der Waals surface area contributed by atoms with Crippen molar-refractivity contribution in [2.24, 2.45) is 0 Å². The van der Waals surface area contributed by atoms with E-state index in [1.807, 2.05) is 0 Å². The molecule has 0 heterocycles. The summed E-state index contributed by atoms with van der Waals surface area (Å²) < 4.78 is 5.64. The summed E-state index contributed by atoms with van der Waals surface area (Å²) in [6.07, 6.45) is 9.59. The lowest BCUT2D eigenvalue weighted by Crippen LogP contribution is -2.10. The van der Waals surface area contributed by atoms with Gasteiger partial charge in [-0.05, 0) is 32.6 Å². The molecule has 1 aromatic rings. The summed E-state index contributed by atoms with van der Waals surface area (Å²) in [4.78, 5) is 11.7. The summed E-state index contributed by atoms with van der Waals surface area (Å²) in [5.41, 5.74) is 1.06. The molecule has 0 amide bonds. The number of aromatic hydroxyl groups is 2. The lowest BCUT2D eigenvalue weighted by atomic mass is 9.91. The molecule has 0 radical (unpaired) electrons. The number of phenolic OH excluding ortho intramolecular Hbond substituents is 1. The number of unbranched alkanes of at least 4 members (excludes halogenated alkanes) is 6. The molecule has 0 saturated carbocycles. The molecular weight excluding hydrogens is 332 g/mol. The highest BCUT2D eigenvalue weighted by Gasteiger charge is 2.28. The van der Waals surface area contributed by atoms with E-state index in [9.17, 15) is 20.1 Å². The predicted molar refractivity (Wildman–Crippen MR) is 104 cm³/mol. The monoisotopic (exact) mass is 366 g/mol. The van der Waals surface area contributed by atoms with Gasteiger partial charge in [0.1, 0.15) is 11.3 Å². The number of hydrogen-bond donors (Lipinski definition) is 3. The van der Waals surface area contributed by atoms with E-state index in [0.29, 0.717) is 25.0 Å². The van der Waals surface area contributed by atoms with E-state index >= 15 is 0 Å². The Labute approximate surface area is 157 Å². The van der Waals surface area contributed by atoms with Crippen molar-refractivity contribution in [3.8, 4) is 17.2 Å². The van der Waals surface area contributed by atoms with E-state index in [4.69, 9.17) is 4.74 Å². The quantitative estimate of drug-likeness (QED) is 0.319. The Bertz CT molecular complexity index is 580. The van der Waals surface area contributed by atoms with Crippen LogP contribution in [0.3, 0.4) is 0 Å². The fourth-order valence-electron chi connectivity index (χ4n) is 3.29. The highest BCUT2D eigenvalue weighted by Crippen LogP contribution is 2.44. The summed E-state index contributed by atoms with van der Waals surface area (Å²) in [5.74, 6) is -1.94. The Kier molecular flexibility index (Phi) is 9.92. The normalized spacial score (nSPS) is 10.9. The maximum Gasteiger partial charge on any atom is 0.343 e. The molecule has 0 saturated heterocycles. The first-order valence-electron chi connectivity index (χ1n) is 9.95. The zero-order valence-electron chi connectivity index (χ0n) is 16.4. The molecule has 0 unspecified atom stereocenters. The fraction of sp³-hybridized carbons (Fsp3) is 0.667. The molecule has 0 aliphatic carbocycles. The van der Waals surface area contributed by atoms with E-state index < -0.39 is 11.7 Å². The number of carboxylic acids is 1. The van der Waals surface area contributed by atoms with Crippen LogP contribution in [0.1, 0.15) is 93.6 Å². The molecule has 0 bridgehead atoms. The summed E-state index contributed by atoms with van der Waals surface area (Å²) in [6.45, 7) is 6.37. The third-order valence-corrected chi connectivity index (χ3v) is 4.68. The minimum Gasteiger partial charge on any atom is -0.504 e. The number of rotatable bonds is 13. The molecule has 0 aliphatic rings. The van der Waals surface area contributed by atoms with Gasteiger partial charge in [-0.2, -0.15) is 0 Å². The van der Waals surface area contributed by atoms with E-state index in [2.05, 4.69) is 13.8 Å². The second-order valence-corrected chi connectivity index (χ2v) is 6.72. The van der Waals surface area contributed by atoms with Gasteiger partial charge in [0.25, 0.3) is 0 Å². The van der Waals surface area contributed by atoms with Gasteiger partial charge >= 0.3 is 5.97 Å². The van der Waals surface area contributed by atoms with Gasteiger partial charge in [0, 0.05) is 11.1 Å². The van der Waals surface area contributed by atoms with E-state index in [1.165, 1.54) is 0 Å². The Morgan fingerprint density at radius 2 is 1.35 bits per heavy atom. The van der Waals surface area contributed by atoms with Crippen LogP contribution >= 0.6 is 0 Å². The standard InChI is InChI=1S/C21H34O5/c1-4-7-9-11-13-15-16(14-12-10-8-5-2)20(26-6-3)17(21(24)25)19(23)18(15)22/h22-23H,4-14H2,1-3H3,(H,24,25). The van der Waals surface area contributed by atoms with E-state index in [1.54, 1.807) is 6.92 Å². The second kappa shape index (κ2) is 11.7. The summed E-state index contributed by atoms with van der Waals surface area (Å²) in [5, 5.41) is 30.3. The van der Waals surface area contributed by atoms with Gasteiger partial charge in [-0.25, -0.2) is 4.79 Å². The van der Waals surface area contributed by atoms with Crippen LogP contribution in [0.25, 0.3) is 0 Å². The van der Waals surface area contributed by atoms with Crippen molar-refractivity contribution < 1.29 is 24.9 Å². The lowest BCUT2D eigenvalue weighted by molar-refractivity contribution is 0.0688. The van der Waals surface area contributed by atoms with Crippen molar-refractivity contribution in [2.75, 3.05) is 6.61 Å². The van der Waals surface area contributed by atoms with Gasteiger partial charge in [0.2, 0.25) is 0 Å². The molecule has 3 N–H and O–H groups in total. The third kappa shape index (κ3) is 5.82. The molecule has 0 fully saturated rings. The van der Waals surface area contributed by atoms with Gasteiger partial charge in [0.05, 0.1) is 6.61 Å². The van der Waals surface area contributed by atoms with Crippen LogP contribution in [0.2, 0.25) is 0 Å². The first-order chi connectivity index (χ1) is 12.5. The van der Waals surface area contributed by atoms with Gasteiger partial charge in [-0.15, -0.1) is 0 Å². The van der Waals surface area contributed by atoms with Crippen LogP contribution in [0.5, 0.6) is 17.2 Å². The van der Waals surface area contributed by atoms with Gasteiger partial charge in [-0.1, -0.05) is 52.4 Å². The molecule has 5 heteroatoms. The summed E-state index contributed by atoms with van der Waals surface area (Å²) in [7, 11) is 0. The van der Waals surface area contributed by atoms with Crippen molar-refractivity contribution in [1.29, 1.82) is 0 Å². The average molecular weight is 366 g/mol. The third-order valence-electron chi connectivity index (χ3n) is 4.68. The van der Waals surface area contributed by atoms with E-state index in [-0.39, 0.29) is 17.1 Å². The zero-order valence-corrected chi connectivity index (χ0v) is 16.4. The summed E-state index contributed by atoms with van der Waals surface area (Å²) in [6, 6.07) is 0. The number of carboxylic acid groups (broad SMARTS) is 1. The van der Waals surface area contributed by atoms with Crippen LogP contribution in [-0.4, -0.2) is 27.9 Å².